The Labute approximate surface area is 115 Å². The fourth-order valence-electron chi connectivity index (χ4n) is 4.33. The van der Waals surface area contributed by atoms with E-state index in [2.05, 4.69) is 0 Å². The number of carbonyl (C=O) groups excluding carboxylic acids is 1. The Kier molecular flexibility index (Phi) is 3.81. The zero-order valence-electron chi connectivity index (χ0n) is 11.8. The van der Waals surface area contributed by atoms with Crippen LogP contribution in [0.3, 0.4) is 0 Å². The van der Waals surface area contributed by atoms with E-state index < -0.39 is 0 Å². The zero-order chi connectivity index (χ0) is 13.4. The maximum Gasteiger partial charge on any atom is 0.223 e. The van der Waals surface area contributed by atoms with Gasteiger partial charge in [0, 0.05) is 19.5 Å². The quantitative estimate of drug-likeness (QED) is 0.841. The largest absolute Gasteiger partial charge is 0.394 e. The minimum atomic E-state index is -0.201. The highest BCUT2D eigenvalue weighted by Crippen LogP contribution is 2.49. The lowest BCUT2D eigenvalue weighted by Crippen LogP contribution is -2.50. The van der Waals surface area contributed by atoms with Gasteiger partial charge in [0.25, 0.3) is 0 Å². The van der Waals surface area contributed by atoms with E-state index in [1.807, 2.05) is 11.8 Å². The molecule has 1 amide bonds. The number of hydrogen-bond acceptors (Lipinski definition) is 3. The van der Waals surface area contributed by atoms with E-state index in [1.54, 1.807) is 0 Å². The van der Waals surface area contributed by atoms with Crippen LogP contribution in [0.4, 0.5) is 0 Å². The average Bonchev–Trinajstić information content (AvgIpc) is 3.00. The fourth-order valence-corrected chi connectivity index (χ4v) is 4.33. The number of ether oxygens (including phenoxy) is 1. The number of nitrogens with zero attached hydrogens (tertiary/aromatic N) is 1. The number of fused-ring (bicyclic) bond motifs is 2. The Morgan fingerprint density at radius 2 is 2.16 bits per heavy atom. The minimum absolute atomic E-state index is 0.00223. The number of amides is 1. The Balaban J connectivity index is 1.55. The predicted octanol–water partition coefficient (Wildman–Crippen LogP) is 1.42. The molecular weight excluding hydrogens is 242 g/mol. The summed E-state index contributed by atoms with van der Waals surface area (Å²) < 4.78 is 5.59. The van der Waals surface area contributed by atoms with Crippen LogP contribution in [0.5, 0.6) is 0 Å². The number of aliphatic hydroxyl groups is 1. The van der Waals surface area contributed by atoms with Crippen molar-refractivity contribution in [3.05, 3.63) is 0 Å². The van der Waals surface area contributed by atoms with Gasteiger partial charge < -0.3 is 14.7 Å². The lowest BCUT2D eigenvalue weighted by atomic mass is 9.86. The zero-order valence-corrected chi connectivity index (χ0v) is 11.8. The molecule has 3 fully saturated rings. The molecule has 0 aromatic carbocycles. The van der Waals surface area contributed by atoms with Gasteiger partial charge in [0.1, 0.15) is 0 Å². The minimum Gasteiger partial charge on any atom is -0.394 e. The van der Waals surface area contributed by atoms with Crippen LogP contribution in [-0.4, -0.2) is 47.8 Å². The lowest BCUT2D eigenvalue weighted by molar-refractivity contribution is -0.148. The standard InChI is InChI=1S/C15H25NO3/c1-10-7-16(8-14(9-17)19-10)15(18)6-13-5-11-2-3-12(13)4-11/h10-14,17H,2-9H2,1H3. The molecule has 19 heavy (non-hydrogen) atoms. The monoisotopic (exact) mass is 267 g/mol. The van der Waals surface area contributed by atoms with Crippen LogP contribution >= 0.6 is 0 Å². The van der Waals surface area contributed by atoms with Crippen molar-refractivity contribution in [3.63, 3.8) is 0 Å². The number of carbonyl (C=O) groups is 1. The summed E-state index contributed by atoms with van der Waals surface area (Å²) in [4.78, 5) is 14.3. The summed E-state index contributed by atoms with van der Waals surface area (Å²) >= 11 is 0. The predicted molar refractivity (Wildman–Crippen MR) is 71.6 cm³/mol. The van der Waals surface area contributed by atoms with Crippen molar-refractivity contribution in [2.45, 2.75) is 51.2 Å². The second kappa shape index (κ2) is 5.41. The van der Waals surface area contributed by atoms with E-state index in [1.165, 1.54) is 25.7 Å². The summed E-state index contributed by atoms with van der Waals surface area (Å²) in [5, 5.41) is 9.22. The van der Waals surface area contributed by atoms with E-state index in [-0.39, 0.29) is 24.7 Å². The SMILES string of the molecule is CC1CN(C(=O)CC2CC3CCC2C3)CC(CO)O1. The van der Waals surface area contributed by atoms with Gasteiger partial charge in [0.15, 0.2) is 0 Å². The molecule has 0 aromatic rings. The third kappa shape index (κ3) is 2.79. The molecule has 0 spiro atoms. The first-order valence-electron chi connectivity index (χ1n) is 7.69. The Bertz CT molecular complexity index is 346. The molecule has 3 aliphatic rings. The summed E-state index contributed by atoms with van der Waals surface area (Å²) in [5.41, 5.74) is 0. The molecule has 2 aliphatic carbocycles. The first-order valence-corrected chi connectivity index (χ1v) is 7.69. The van der Waals surface area contributed by atoms with Gasteiger partial charge in [0.05, 0.1) is 18.8 Å². The highest BCUT2D eigenvalue weighted by Gasteiger charge is 2.41. The van der Waals surface area contributed by atoms with E-state index in [0.29, 0.717) is 25.4 Å². The van der Waals surface area contributed by atoms with Crippen LogP contribution in [0.15, 0.2) is 0 Å². The van der Waals surface area contributed by atoms with Crippen molar-refractivity contribution in [2.24, 2.45) is 17.8 Å². The molecule has 3 rings (SSSR count). The molecule has 4 heteroatoms. The van der Waals surface area contributed by atoms with Crippen LogP contribution in [0.1, 0.15) is 39.0 Å². The van der Waals surface area contributed by atoms with Crippen LogP contribution in [0.25, 0.3) is 0 Å². The summed E-state index contributed by atoms with van der Waals surface area (Å²) in [7, 11) is 0. The van der Waals surface area contributed by atoms with Crippen LogP contribution in [-0.2, 0) is 9.53 Å². The van der Waals surface area contributed by atoms with Crippen molar-refractivity contribution >= 4 is 5.91 Å². The molecule has 2 bridgehead atoms. The Hall–Kier alpha value is -0.610. The second-order valence-corrected chi connectivity index (χ2v) is 6.69. The molecule has 1 heterocycles. The van der Waals surface area contributed by atoms with Gasteiger partial charge in [-0.25, -0.2) is 0 Å². The second-order valence-electron chi connectivity index (χ2n) is 6.69. The van der Waals surface area contributed by atoms with Crippen LogP contribution in [0, 0.1) is 17.8 Å². The topological polar surface area (TPSA) is 49.8 Å². The van der Waals surface area contributed by atoms with Crippen molar-refractivity contribution in [1.82, 2.24) is 4.90 Å². The molecule has 1 aliphatic heterocycles. The average molecular weight is 267 g/mol. The smallest absolute Gasteiger partial charge is 0.223 e. The summed E-state index contributed by atoms with van der Waals surface area (Å²) in [6.45, 7) is 3.21. The van der Waals surface area contributed by atoms with Crippen molar-refractivity contribution in [2.75, 3.05) is 19.7 Å². The van der Waals surface area contributed by atoms with Gasteiger partial charge in [-0.3, -0.25) is 4.79 Å². The number of morpholine rings is 1. The first kappa shape index (κ1) is 13.4. The highest BCUT2D eigenvalue weighted by molar-refractivity contribution is 5.76. The van der Waals surface area contributed by atoms with Crippen LogP contribution in [0.2, 0.25) is 0 Å². The molecular formula is C15H25NO3. The molecule has 1 saturated heterocycles. The van der Waals surface area contributed by atoms with Gasteiger partial charge >= 0.3 is 0 Å². The fraction of sp³-hybridized carbons (Fsp3) is 0.933. The Morgan fingerprint density at radius 3 is 2.79 bits per heavy atom. The summed E-state index contributed by atoms with van der Waals surface area (Å²) in [6, 6.07) is 0. The molecule has 4 nitrogen and oxygen atoms in total. The van der Waals surface area contributed by atoms with Crippen LogP contribution < -0.4 is 0 Å². The van der Waals surface area contributed by atoms with E-state index >= 15 is 0 Å². The molecule has 0 radical (unpaired) electrons. The van der Waals surface area contributed by atoms with Gasteiger partial charge in [-0.15, -0.1) is 0 Å². The molecule has 2 saturated carbocycles. The number of aliphatic hydroxyl groups excluding tert-OH is 1. The lowest BCUT2D eigenvalue weighted by Gasteiger charge is -2.37. The van der Waals surface area contributed by atoms with E-state index in [0.717, 1.165) is 11.8 Å². The van der Waals surface area contributed by atoms with Crippen molar-refractivity contribution in [1.29, 1.82) is 0 Å². The van der Waals surface area contributed by atoms with Gasteiger partial charge in [-0.05, 0) is 43.9 Å². The molecule has 0 aromatic heterocycles. The normalized spacial score (nSPS) is 41.8. The van der Waals surface area contributed by atoms with E-state index in [9.17, 15) is 9.90 Å². The summed E-state index contributed by atoms with van der Waals surface area (Å²) in [5.74, 6) is 2.60. The molecule has 5 unspecified atom stereocenters. The first-order chi connectivity index (χ1) is 9.15. The molecule has 108 valence electrons. The van der Waals surface area contributed by atoms with Gasteiger partial charge in [0.2, 0.25) is 5.91 Å². The number of rotatable bonds is 3. The van der Waals surface area contributed by atoms with Crippen molar-refractivity contribution < 1.29 is 14.6 Å². The van der Waals surface area contributed by atoms with Gasteiger partial charge in [-0.1, -0.05) is 6.42 Å². The highest BCUT2D eigenvalue weighted by atomic mass is 16.5. The third-order valence-electron chi connectivity index (χ3n) is 5.20. The van der Waals surface area contributed by atoms with Crippen molar-refractivity contribution in [3.8, 4) is 0 Å². The number of hydrogen-bond donors (Lipinski definition) is 1. The summed E-state index contributed by atoms with van der Waals surface area (Å²) in [6.07, 6.45) is 5.89. The maximum atomic E-state index is 12.4. The maximum absolute atomic E-state index is 12.4. The van der Waals surface area contributed by atoms with E-state index in [4.69, 9.17) is 4.74 Å². The Morgan fingerprint density at radius 1 is 1.32 bits per heavy atom. The molecule has 5 atom stereocenters. The van der Waals surface area contributed by atoms with Gasteiger partial charge in [-0.2, -0.15) is 0 Å². The third-order valence-corrected chi connectivity index (χ3v) is 5.20. The molecule has 1 N–H and O–H groups in total.